The van der Waals surface area contributed by atoms with Crippen molar-refractivity contribution in [2.24, 2.45) is 29.6 Å². The molecule has 0 aromatic rings. The summed E-state index contributed by atoms with van der Waals surface area (Å²) in [6, 6.07) is -5.28. The fourth-order valence-electron chi connectivity index (χ4n) is 20.6. The monoisotopic (exact) mass is 2180 g/mol. The zero-order valence-electron chi connectivity index (χ0n) is 82.8. The summed E-state index contributed by atoms with van der Waals surface area (Å²) in [6.45, 7) is 1.20. The van der Waals surface area contributed by atoms with E-state index in [-0.39, 0.29) is 19.3 Å². The van der Waals surface area contributed by atoms with Crippen molar-refractivity contribution in [1.82, 2.24) is 16.0 Å². The molecular weight excluding hydrogens is 2020 g/mol. The van der Waals surface area contributed by atoms with E-state index in [4.69, 9.17) is 104 Å². The van der Waals surface area contributed by atoms with Gasteiger partial charge in [-0.25, -0.2) is 0 Å². The predicted molar refractivity (Wildman–Crippen MR) is 475 cm³/mol. The first-order valence-corrected chi connectivity index (χ1v) is 49.7. The van der Waals surface area contributed by atoms with Crippen LogP contribution in [0.2, 0.25) is 0 Å². The first kappa shape index (κ1) is 124. The Kier molecular flexibility index (Phi) is 45.2. The van der Waals surface area contributed by atoms with Gasteiger partial charge in [-0.05, 0) is 18.3 Å². The van der Waals surface area contributed by atoms with E-state index < -0.39 is 476 Å². The van der Waals surface area contributed by atoms with Crippen LogP contribution in [0, 0.1) is 29.6 Å². The summed E-state index contributed by atoms with van der Waals surface area (Å²) in [6.07, 6.45) is -107. The second kappa shape index (κ2) is 54.4. The van der Waals surface area contributed by atoms with Crippen LogP contribution in [-0.2, 0) is 119 Å². The van der Waals surface area contributed by atoms with Crippen molar-refractivity contribution in [2.45, 2.75) is 437 Å². The Morgan fingerprint density at radius 2 is 0.604 bits per heavy atom. The van der Waals surface area contributed by atoms with Crippen LogP contribution in [0.25, 0.3) is 0 Å². The van der Waals surface area contributed by atoms with Crippen molar-refractivity contribution < 1.29 is 282 Å². The molecular formula is C89H153N3O57. The lowest BCUT2D eigenvalue weighted by atomic mass is 9.82. The minimum atomic E-state index is -2.60. The van der Waals surface area contributed by atoms with Gasteiger partial charge in [0.1, 0.15) is 238 Å². The second-order valence-electron chi connectivity index (χ2n) is 40.7. The highest BCUT2D eigenvalue weighted by atomic mass is 16.8. The van der Waals surface area contributed by atoms with Crippen LogP contribution in [0.4, 0.5) is 0 Å². The highest BCUT2D eigenvalue weighted by molar-refractivity contribution is 5.74. The van der Waals surface area contributed by atoms with Gasteiger partial charge in [0.25, 0.3) is 0 Å². The SMILES string of the molecule is CC(=O)NC1[C@H](OC2[C@@H](OCC3O[C@@H](O[C@@H]4C(CO)O[C@@H](O[C@@H]5C(CO[C@@H]6CC(C)[C@@H](O)C(O)[C@@H]6O)O[C@@H](C(C)C)C(NC(C)=O)[C@H]5O)C(NC(C)=O)[C@H]4O)C(O)[C@@H](O[C@H]4OC(CO)[C@@H](O)[C@H](O)C4O[C@@H]4OC(CO)[C@@H](O[C@@H]5OC(CO[C@@H]6CC(O)[C@@H](C)C(C(O)C(O)CO)O6)[C@H](O)[C@H](O)C5O)[C@H](O)C4C)[C@@H]3O)OC(CO)[C@@H](O)[C@@H]2O)OC(CO)[C@@H](O[C@@H]2OC(CO[C@@H]3CC(O)[C@@H](C)C(C(O)C(O)CO)O3)[C@H](O)[C@H](O)C2O)[C@@H]1O. The number of carbonyl (C=O) groups is 3. The molecule has 35 N–H and O–H groups in total. The van der Waals surface area contributed by atoms with Gasteiger partial charge in [-0.3, -0.25) is 14.4 Å². The number of hydrogen-bond acceptors (Lipinski definition) is 57. The summed E-state index contributed by atoms with van der Waals surface area (Å²) in [5.41, 5.74) is 0. The molecule has 60 heteroatoms. The van der Waals surface area contributed by atoms with Crippen LogP contribution in [-0.4, -0.2) is 610 Å². The summed E-state index contributed by atoms with van der Waals surface area (Å²) in [4.78, 5) is 39.7. The van der Waals surface area contributed by atoms with Crippen molar-refractivity contribution in [1.29, 1.82) is 0 Å². The first-order chi connectivity index (χ1) is 70.4. The standard InChI is InChI=1S/C89H153N3O57/c1-24(2)72-48(90-29(7)100)61(117)78(45(132-72)23-128-36-10-25(3)51(107)64(120)55(36)111)143-83-49(91-30(8)101)62(118)77(41(19-99)136-83)146-87-71(127)79(147-89-81(68(124)57(113)38(16-96)134-89)148-82-28(6)52(108)75(39(17-97)135-82)144-85-69(125)65(121)58(114)42(138-85)20-129-46-11-32(103)26(4)73(141-46)53(109)34(105)13-93)60(116)44(140-87)22-131-88-80(67(123)56(112)37(15-95)133-88)149-84-50(92-31(9)102)63(119)76(40(18-98)137-84)145-86-70(126)66(122)59(115)43(139-86)21-130-47-12-33(104)27(5)74(142-47)54(110)35(106)14-94/h24-28,32-89,93-99,103-127H,10-23H2,1-9H3,(H,90,100)(H,91,101)(H,92,102)/t25?,26-,27-,28?,32?,33?,34?,35?,36-,37?,38?,39?,40?,41?,42?,43?,44?,45?,46+,47+,48?,49?,50?,51-,52-,53?,54?,55-,56-,57-,58+,59+,60-,61-,62-,63-,64?,65+,66+,67+,68+,69?,70?,71?,72+,73?,74?,75-,76-,77-,78-,79+,80?,81?,82+,83+,84+,85+,86+,87+,88+,89-/m1/s1. The topological polar surface area (TPSA) is 938 Å². The van der Waals surface area contributed by atoms with E-state index in [9.17, 15) is 178 Å². The molecule has 62 atom stereocenters. The molecule has 11 heterocycles. The Hall–Kier alpha value is -3.75. The van der Waals surface area contributed by atoms with Gasteiger partial charge < -0.3 is 284 Å². The number of rotatable bonds is 41. The number of amides is 3. The molecule has 0 aromatic heterocycles. The predicted octanol–water partition coefficient (Wildman–Crippen LogP) is -20.0. The number of hydrogen-bond donors (Lipinski definition) is 35. The van der Waals surface area contributed by atoms with E-state index in [0.717, 1.165) is 20.8 Å². The van der Waals surface area contributed by atoms with Crippen molar-refractivity contribution in [2.75, 3.05) is 72.7 Å². The molecule has 1 saturated carbocycles. The van der Waals surface area contributed by atoms with Crippen LogP contribution in [0.1, 0.15) is 81.6 Å². The molecule has 11 aliphatic heterocycles. The lowest BCUT2D eigenvalue weighted by Gasteiger charge is -2.51. The smallest absolute Gasteiger partial charge is 0.217 e. The van der Waals surface area contributed by atoms with Gasteiger partial charge in [-0.2, -0.15) is 0 Å². The number of ether oxygens (including phenoxy) is 22. The maximum atomic E-state index is 13.5. The summed E-state index contributed by atoms with van der Waals surface area (Å²) in [5, 5.41) is 369. The zero-order valence-corrected chi connectivity index (χ0v) is 82.8. The first-order valence-electron chi connectivity index (χ1n) is 49.7. The lowest BCUT2D eigenvalue weighted by Crippen LogP contribution is -2.71. The maximum absolute atomic E-state index is 13.5. The van der Waals surface area contributed by atoms with Crippen LogP contribution in [0.3, 0.4) is 0 Å². The average molecular weight is 2180 g/mol. The molecule has 28 unspecified atom stereocenters. The average Bonchev–Trinajstić information content (AvgIpc) is 0.763. The molecule has 11 saturated heterocycles. The molecule has 0 radical (unpaired) electrons. The van der Waals surface area contributed by atoms with Gasteiger partial charge in [-0.15, -0.1) is 0 Å². The van der Waals surface area contributed by atoms with Crippen molar-refractivity contribution in [3.05, 3.63) is 0 Å². The highest BCUT2D eigenvalue weighted by Gasteiger charge is 2.63. The molecule has 0 aromatic carbocycles. The molecule has 3 amide bonds. The third-order valence-corrected chi connectivity index (χ3v) is 29.7. The maximum Gasteiger partial charge on any atom is 0.217 e. The molecule has 12 aliphatic rings. The van der Waals surface area contributed by atoms with E-state index in [1.54, 1.807) is 20.8 Å². The van der Waals surface area contributed by atoms with Crippen molar-refractivity contribution in [3.8, 4) is 0 Å². The molecule has 866 valence electrons. The summed E-state index contributed by atoms with van der Waals surface area (Å²) in [7, 11) is 0. The Morgan fingerprint density at radius 1 is 0.275 bits per heavy atom. The minimum absolute atomic E-state index is 0.0241. The van der Waals surface area contributed by atoms with Crippen LogP contribution < -0.4 is 16.0 Å². The number of aliphatic hydroxyl groups is 32. The van der Waals surface area contributed by atoms with Gasteiger partial charge in [0.05, 0.1) is 128 Å². The van der Waals surface area contributed by atoms with Crippen LogP contribution in [0.5, 0.6) is 0 Å². The molecule has 60 nitrogen and oxygen atoms in total. The normalized spacial score (nSPS) is 49.1. The number of carbonyl (C=O) groups excluding carboxylic acids is 3. The Labute approximate surface area is 852 Å². The van der Waals surface area contributed by atoms with E-state index in [1.807, 2.05) is 0 Å². The van der Waals surface area contributed by atoms with E-state index >= 15 is 0 Å². The van der Waals surface area contributed by atoms with E-state index in [2.05, 4.69) is 16.0 Å². The largest absolute Gasteiger partial charge is 0.394 e. The van der Waals surface area contributed by atoms with Crippen molar-refractivity contribution in [3.63, 3.8) is 0 Å². The lowest BCUT2D eigenvalue weighted by molar-refractivity contribution is -0.401. The van der Waals surface area contributed by atoms with Gasteiger partial charge >= 0.3 is 0 Å². The fraction of sp³-hybridized carbons (Fsp3) is 0.966. The second-order valence-corrected chi connectivity index (χ2v) is 40.7. The highest BCUT2D eigenvalue weighted by Crippen LogP contribution is 2.44. The number of aliphatic hydroxyl groups excluding tert-OH is 32. The molecule has 1 aliphatic carbocycles. The molecule has 0 bridgehead atoms. The van der Waals surface area contributed by atoms with Gasteiger partial charge in [0.15, 0.2) is 62.9 Å². The Balaban J connectivity index is 0.828. The van der Waals surface area contributed by atoms with Crippen LogP contribution >= 0.6 is 0 Å². The Bertz CT molecular complexity index is 4050. The van der Waals surface area contributed by atoms with Gasteiger partial charge in [-0.1, -0.05) is 41.5 Å². The summed E-state index contributed by atoms with van der Waals surface area (Å²) in [5.74, 6) is -6.91. The zero-order chi connectivity index (χ0) is 110. The van der Waals surface area contributed by atoms with Crippen LogP contribution in [0.15, 0.2) is 0 Å². The third-order valence-electron chi connectivity index (χ3n) is 29.7. The summed E-state index contributed by atoms with van der Waals surface area (Å²) >= 11 is 0. The Morgan fingerprint density at radius 3 is 1.03 bits per heavy atom. The third kappa shape index (κ3) is 28.1. The van der Waals surface area contributed by atoms with Gasteiger partial charge in [0.2, 0.25) is 17.7 Å². The molecule has 0 spiro atoms. The van der Waals surface area contributed by atoms with Gasteiger partial charge in [0, 0.05) is 51.4 Å². The fourth-order valence-corrected chi connectivity index (χ4v) is 20.6. The number of nitrogens with one attached hydrogen (secondary N) is 3. The quantitative estimate of drug-likeness (QED) is 0.0270. The molecule has 12 fully saturated rings. The molecule has 149 heavy (non-hydrogen) atoms. The summed E-state index contributed by atoms with van der Waals surface area (Å²) < 4.78 is 135. The minimum Gasteiger partial charge on any atom is -0.394 e. The van der Waals surface area contributed by atoms with E-state index in [0.29, 0.717) is 0 Å². The molecule has 12 rings (SSSR count). The van der Waals surface area contributed by atoms with Crippen molar-refractivity contribution >= 4 is 17.7 Å². The van der Waals surface area contributed by atoms with E-state index in [1.165, 1.54) is 20.8 Å².